The van der Waals surface area contributed by atoms with E-state index in [9.17, 15) is 8.42 Å². The largest absolute Gasteiger partial charge is 0.374 e. The molecule has 0 saturated heterocycles. The standard InChI is InChI=1S/C19H26N2O4S/c1-13-6-4-9-18(10-13)24-12-16-7-5-8-17(11-16)21-26(22,23)19-14(2)20-25-15(19)3/h5,7-8,11,13,18,21H,4,6,9-10,12H2,1-3H3/t13-,18+/m1/s1. The van der Waals surface area contributed by atoms with E-state index >= 15 is 0 Å². The summed E-state index contributed by atoms with van der Waals surface area (Å²) in [6.45, 7) is 5.95. The lowest BCUT2D eigenvalue weighted by Gasteiger charge is -2.26. The van der Waals surface area contributed by atoms with Crippen LogP contribution in [0.1, 0.15) is 49.6 Å². The van der Waals surface area contributed by atoms with Crippen LogP contribution in [-0.2, 0) is 21.4 Å². The van der Waals surface area contributed by atoms with Gasteiger partial charge < -0.3 is 9.26 Å². The number of rotatable bonds is 6. The van der Waals surface area contributed by atoms with Gasteiger partial charge in [0.2, 0.25) is 0 Å². The third-order valence-corrected chi connectivity index (χ3v) is 6.41. The monoisotopic (exact) mass is 378 g/mol. The molecule has 0 amide bonds. The maximum atomic E-state index is 12.6. The van der Waals surface area contributed by atoms with Gasteiger partial charge in [-0.1, -0.05) is 37.1 Å². The van der Waals surface area contributed by atoms with Crippen LogP contribution >= 0.6 is 0 Å². The third-order valence-electron chi connectivity index (χ3n) is 4.79. The molecule has 1 N–H and O–H groups in total. The van der Waals surface area contributed by atoms with Crippen molar-refractivity contribution >= 4 is 15.7 Å². The van der Waals surface area contributed by atoms with Gasteiger partial charge in [0.05, 0.1) is 12.7 Å². The minimum atomic E-state index is -3.74. The number of hydrogen-bond donors (Lipinski definition) is 1. The zero-order valence-corrected chi connectivity index (χ0v) is 16.3. The van der Waals surface area contributed by atoms with Gasteiger partial charge in [-0.15, -0.1) is 0 Å². The zero-order valence-electron chi connectivity index (χ0n) is 15.5. The Morgan fingerprint density at radius 2 is 2.12 bits per heavy atom. The van der Waals surface area contributed by atoms with Gasteiger partial charge in [0.25, 0.3) is 10.0 Å². The van der Waals surface area contributed by atoms with E-state index in [0.29, 0.717) is 30.0 Å². The highest BCUT2D eigenvalue weighted by Gasteiger charge is 2.24. The Balaban J connectivity index is 1.67. The average molecular weight is 378 g/mol. The molecule has 2 atom stereocenters. The van der Waals surface area contributed by atoms with Gasteiger partial charge in [0.15, 0.2) is 10.7 Å². The first-order chi connectivity index (χ1) is 12.3. The van der Waals surface area contributed by atoms with E-state index in [1.54, 1.807) is 19.9 Å². The lowest BCUT2D eigenvalue weighted by Crippen LogP contribution is -2.21. The van der Waals surface area contributed by atoms with Crippen LogP contribution < -0.4 is 4.72 Å². The van der Waals surface area contributed by atoms with Crippen LogP contribution in [-0.4, -0.2) is 19.7 Å². The van der Waals surface area contributed by atoms with Gasteiger partial charge in [0, 0.05) is 5.69 Å². The number of ether oxygens (including phenoxy) is 1. The molecule has 0 unspecified atom stereocenters. The Bertz CT molecular complexity index is 841. The van der Waals surface area contributed by atoms with E-state index < -0.39 is 10.0 Å². The minimum Gasteiger partial charge on any atom is -0.374 e. The zero-order chi connectivity index (χ0) is 18.7. The van der Waals surface area contributed by atoms with Crippen molar-refractivity contribution in [3.8, 4) is 0 Å². The number of hydrogen-bond acceptors (Lipinski definition) is 5. The van der Waals surface area contributed by atoms with E-state index in [1.807, 2.05) is 18.2 Å². The Kier molecular flexibility index (Phi) is 5.67. The molecule has 1 aliphatic carbocycles. The second kappa shape index (κ2) is 7.80. The van der Waals surface area contributed by atoms with Gasteiger partial charge in [0.1, 0.15) is 5.69 Å². The lowest BCUT2D eigenvalue weighted by atomic mass is 9.89. The fourth-order valence-corrected chi connectivity index (χ4v) is 4.91. The Hall–Kier alpha value is -1.86. The second-order valence-electron chi connectivity index (χ2n) is 7.16. The number of sulfonamides is 1. The summed E-state index contributed by atoms with van der Waals surface area (Å²) in [6.07, 6.45) is 4.98. The Morgan fingerprint density at radius 1 is 1.31 bits per heavy atom. The molecule has 1 heterocycles. The predicted octanol–water partition coefficient (Wildman–Crippen LogP) is 4.19. The van der Waals surface area contributed by atoms with E-state index in [2.05, 4.69) is 16.8 Å². The fourth-order valence-electron chi connectivity index (χ4n) is 3.53. The summed E-state index contributed by atoms with van der Waals surface area (Å²) >= 11 is 0. The number of nitrogens with one attached hydrogen (secondary N) is 1. The molecule has 2 aromatic rings. The molecule has 6 nitrogen and oxygen atoms in total. The Morgan fingerprint density at radius 3 is 2.81 bits per heavy atom. The summed E-state index contributed by atoms with van der Waals surface area (Å²) in [7, 11) is -3.74. The molecule has 0 spiro atoms. The first-order valence-electron chi connectivity index (χ1n) is 9.01. The molecular weight excluding hydrogens is 352 g/mol. The van der Waals surface area contributed by atoms with E-state index in [4.69, 9.17) is 9.26 Å². The van der Waals surface area contributed by atoms with Crippen molar-refractivity contribution in [1.29, 1.82) is 0 Å². The minimum absolute atomic E-state index is 0.0929. The smallest absolute Gasteiger partial charge is 0.267 e. The van der Waals surface area contributed by atoms with Crippen LogP contribution in [0.25, 0.3) is 0 Å². The van der Waals surface area contributed by atoms with Gasteiger partial charge in [-0.05, 0) is 50.3 Å². The summed E-state index contributed by atoms with van der Waals surface area (Å²) < 4.78 is 38.8. The van der Waals surface area contributed by atoms with Crippen LogP contribution in [0.4, 0.5) is 5.69 Å². The molecule has 0 bridgehead atoms. The van der Waals surface area contributed by atoms with Crippen molar-refractivity contribution in [2.24, 2.45) is 5.92 Å². The second-order valence-corrected chi connectivity index (χ2v) is 8.78. The molecule has 0 radical (unpaired) electrons. The highest BCUT2D eigenvalue weighted by Crippen LogP contribution is 2.27. The average Bonchev–Trinajstić information content (AvgIpc) is 2.92. The number of aromatic nitrogens is 1. The normalized spacial score (nSPS) is 20.9. The third kappa shape index (κ3) is 4.45. The summed E-state index contributed by atoms with van der Waals surface area (Å²) in [4.78, 5) is 0.0929. The van der Waals surface area contributed by atoms with Crippen molar-refractivity contribution < 1.29 is 17.7 Å². The van der Waals surface area contributed by atoms with Crippen molar-refractivity contribution in [1.82, 2.24) is 5.16 Å². The molecule has 7 heteroatoms. The predicted molar refractivity (Wildman–Crippen MR) is 99.4 cm³/mol. The van der Waals surface area contributed by atoms with Crippen molar-refractivity contribution in [3.05, 3.63) is 41.3 Å². The first kappa shape index (κ1) is 18.9. The summed E-state index contributed by atoms with van der Waals surface area (Å²) in [5.74, 6) is 0.989. The Labute approximate surface area is 155 Å². The van der Waals surface area contributed by atoms with Gasteiger partial charge in [-0.2, -0.15) is 0 Å². The van der Waals surface area contributed by atoms with Gasteiger partial charge >= 0.3 is 0 Å². The molecule has 3 rings (SSSR count). The van der Waals surface area contributed by atoms with Crippen LogP contribution in [0.3, 0.4) is 0 Å². The number of anilines is 1. The van der Waals surface area contributed by atoms with Gasteiger partial charge in [-0.3, -0.25) is 4.72 Å². The van der Waals surface area contributed by atoms with Crippen LogP contribution in [0, 0.1) is 19.8 Å². The van der Waals surface area contributed by atoms with E-state index in [-0.39, 0.29) is 10.7 Å². The number of nitrogens with zero attached hydrogens (tertiary/aromatic N) is 1. The molecule has 1 aliphatic rings. The van der Waals surface area contributed by atoms with Crippen molar-refractivity contribution in [3.63, 3.8) is 0 Å². The molecule has 26 heavy (non-hydrogen) atoms. The SMILES string of the molecule is Cc1noc(C)c1S(=O)(=O)Nc1cccc(CO[C@H]2CCC[C@@H](C)C2)c1. The maximum absolute atomic E-state index is 12.6. The molecule has 1 fully saturated rings. The first-order valence-corrected chi connectivity index (χ1v) is 10.5. The molecule has 1 aromatic carbocycles. The maximum Gasteiger partial charge on any atom is 0.267 e. The number of aryl methyl sites for hydroxylation is 2. The van der Waals surface area contributed by atoms with Gasteiger partial charge in [-0.25, -0.2) is 8.42 Å². The van der Waals surface area contributed by atoms with E-state index in [1.165, 1.54) is 12.8 Å². The molecular formula is C19H26N2O4S. The van der Waals surface area contributed by atoms with E-state index in [0.717, 1.165) is 18.4 Å². The van der Waals surface area contributed by atoms with Crippen molar-refractivity contribution in [2.45, 2.75) is 64.1 Å². The fraction of sp³-hybridized carbons (Fsp3) is 0.526. The van der Waals surface area contributed by atoms with Crippen LogP contribution in [0.15, 0.2) is 33.7 Å². The molecule has 1 saturated carbocycles. The summed E-state index contributed by atoms with van der Waals surface area (Å²) in [5, 5.41) is 3.71. The highest BCUT2D eigenvalue weighted by molar-refractivity contribution is 7.92. The van der Waals surface area contributed by atoms with Crippen LogP contribution in [0.2, 0.25) is 0 Å². The quantitative estimate of drug-likeness (QED) is 0.815. The molecule has 1 aromatic heterocycles. The van der Waals surface area contributed by atoms with Crippen LogP contribution in [0.5, 0.6) is 0 Å². The number of benzene rings is 1. The molecule has 0 aliphatic heterocycles. The summed E-state index contributed by atoms with van der Waals surface area (Å²) in [5.41, 5.74) is 1.80. The molecule has 142 valence electrons. The highest BCUT2D eigenvalue weighted by atomic mass is 32.2. The topological polar surface area (TPSA) is 81.4 Å². The van der Waals surface area contributed by atoms with Crippen molar-refractivity contribution in [2.75, 3.05) is 4.72 Å². The lowest BCUT2D eigenvalue weighted by molar-refractivity contribution is 0.00469. The summed E-state index contributed by atoms with van der Waals surface area (Å²) in [6, 6.07) is 7.30.